The van der Waals surface area contributed by atoms with Crippen molar-refractivity contribution >= 4 is 0 Å². The van der Waals surface area contributed by atoms with Gasteiger partial charge >= 0.3 is 0 Å². The highest BCUT2D eigenvalue weighted by Gasteiger charge is 2.22. The number of hydrogen-bond donors (Lipinski definition) is 1. The van der Waals surface area contributed by atoms with Crippen LogP contribution in [0.5, 0.6) is 0 Å². The molecule has 0 amide bonds. The third kappa shape index (κ3) is 3.50. The first kappa shape index (κ1) is 13.4. The number of likely N-dealkylation sites (tertiary alicyclic amines) is 1. The summed E-state index contributed by atoms with van der Waals surface area (Å²) in [4.78, 5) is 2.17. The van der Waals surface area contributed by atoms with Gasteiger partial charge in [-0.2, -0.15) is 0 Å². The van der Waals surface area contributed by atoms with E-state index >= 15 is 0 Å². The summed E-state index contributed by atoms with van der Waals surface area (Å²) >= 11 is 0. The molecule has 1 aliphatic rings. The fourth-order valence-electron chi connectivity index (χ4n) is 2.55. The van der Waals surface area contributed by atoms with E-state index in [4.69, 9.17) is 0 Å². The summed E-state index contributed by atoms with van der Waals surface area (Å²) in [5.74, 6) is -0.696. The van der Waals surface area contributed by atoms with E-state index < -0.39 is 11.6 Å². The lowest BCUT2D eigenvalue weighted by atomic mass is 9.92. The topological polar surface area (TPSA) is 23.5 Å². The number of benzene rings is 1. The van der Waals surface area contributed by atoms with Gasteiger partial charge in [0.2, 0.25) is 0 Å². The predicted molar refractivity (Wildman–Crippen MR) is 66.0 cm³/mol. The molecule has 1 unspecified atom stereocenters. The minimum atomic E-state index is -0.524. The molecule has 1 saturated heterocycles. The van der Waals surface area contributed by atoms with Crippen molar-refractivity contribution in [3.8, 4) is 0 Å². The van der Waals surface area contributed by atoms with E-state index in [-0.39, 0.29) is 6.10 Å². The van der Waals surface area contributed by atoms with Crippen molar-refractivity contribution in [1.29, 1.82) is 0 Å². The van der Waals surface area contributed by atoms with Crippen LogP contribution in [0.2, 0.25) is 0 Å². The molecule has 4 heteroatoms. The molecule has 0 spiro atoms. The molecule has 1 aliphatic heterocycles. The second kappa shape index (κ2) is 5.76. The second-order valence-electron chi connectivity index (χ2n) is 5.13. The highest BCUT2D eigenvalue weighted by atomic mass is 19.1. The van der Waals surface area contributed by atoms with Gasteiger partial charge in [-0.1, -0.05) is 0 Å². The minimum Gasteiger partial charge on any atom is -0.393 e. The van der Waals surface area contributed by atoms with Crippen LogP contribution >= 0.6 is 0 Å². The fourth-order valence-corrected chi connectivity index (χ4v) is 2.55. The molecule has 0 aliphatic carbocycles. The van der Waals surface area contributed by atoms with Crippen molar-refractivity contribution in [2.75, 3.05) is 13.1 Å². The summed E-state index contributed by atoms with van der Waals surface area (Å²) in [6.07, 6.45) is 1.61. The van der Waals surface area contributed by atoms with Gasteiger partial charge in [0, 0.05) is 12.6 Å². The lowest BCUT2D eigenvalue weighted by Gasteiger charge is -2.33. The van der Waals surface area contributed by atoms with E-state index in [0.717, 1.165) is 32.0 Å². The summed E-state index contributed by atoms with van der Waals surface area (Å²) in [7, 11) is 0. The molecule has 100 valence electrons. The number of nitrogens with zero attached hydrogens (tertiary/aromatic N) is 1. The number of halogens is 2. The first-order valence-electron chi connectivity index (χ1n) is 6.40. The summed E-state index contributed by atoms with van der Waals surface area (Å²) in [5.41, 5.74) is 0.669. The van der Waals surface area contributed by atoms with Crippen LogP contribution in [0, 0.1) is 17.6 Å². The summed E-state index contributed by atoms with van der Waals surface area (Å²) in [6.45, 7) is 4.13. The van der Waals surface area contributed by atoms with Gasteiger partial charge in [-0.3, -0.25) is 4.90 Å². The van der Waals surface area contributed by atoms with E-state index in [1.807, 2.05) is 6.92 Å². The number of aliphatic hydroxyl groups is 1. The van der Waals surface area contributed by atoms with E-state index in [1.54, 1.807) is 0 Å². The molecule has 2 rings (SSSR count). The molecule has 1 aromatic carbocycles. The van der Waals surface area contributed by atoms with Gasteiger partial charge in [-0.25, -0.2) is 8.78 Å². The molecule has 0 radical (unpaired) electrons. The quantitative estimate of drug-likeness (QED) is 0.897. The van der Waals surface area contributed by atoms with Crippen molar-refractivity contribution in [2.24, 2.45) is 5.92 Å². The van der Waals surface area contributed by atoms with Crippen molar-refractivity contribution in [3.63, 3.8) is 0 Å². The molecule has 0 bridgehead atoms. The Balaban J connectivity index is 1.91. The lowest BCUT2D eigenvalue weighted by Crippen LogP contribution is -2.36. The van der Waals surface area contributed by atoms with Crippen LogP contribution in [0.15, 0.2) is 18.2 Å². The molecule has 18 heavy (non-hydrogen) atoms. The van der Waals surface area contributed by atoms with E-state index in [9.17, 15) is 13.9 Å². The third-order valence-corrected chi connectivity index (χ3v) is 3.64. The largest absolute Gasteiger partial charge is 0.393 e. The smallest absolute Gasteiger partial charge is 0.126 e. The normalized spacial score (nSPS) is 20.0. The van der Waals surface area contributed by atoms with Crippen LogP contribution in [-0.4, -0.2) is 29.2 Å². The van der Waals surface area contributed by atoms with Gasteiger partial charge < -0.3 is 5.11 Å². The monoisotopic (exact) mass is 255 g/mol. The Morgan fingerprint density at radius 3 is 2.28 bits per heavy atom. The summed E-state index contributed by atoms with van der Waals surface area (Å²) in [6, 6.07) is 3.65. The Bertz CT molecular complexity index is 381. The maximum Gasteiger partial charge on any atom is 0.126 e. The van der Waals surface area contributed by atoms with Crippen molar-refractivity contribution < 1.29 is 13.9 Å². The molecule has 1 heterocycles. The minimum absolute atomic E-state index is 0.265. The maximum absolute atomic E-state index is 13.1. The Hall–Kier alpha value is -1.00. The average Bonchev–Trinajstić information content (AvgIpc) is 2.28. The molecular weight excluding hydrogens is 236 g/mol. The Kier molecular flexibility index (Phi) is 4.30. The van der Waals surface area contributed by atoms with E-state index in [0.29, 0.717) is 18.0 Å². The molecule has 1 aromatic rings. The zero-order valence-corrected chi connectivity index (χ0v) is 10.6. The first-order valence-corrected chi connectivity index (χ1v) is 6.40. The molecule has 1 fully saturated rings. The van der Waals surface area contributed by atoms with Gasteiger partial charge in [0.25, 0.3) is 0 Å². The van der Waals surface area contributed by atoms with Crippen LogP contribution in [0.3, 0.4) is 0 Å². The van der Waals surface area contributed by atoms with Crippen molar-refractivity contribution in [1.82, 2.24) is 4.90 Å². The molecule has 1 N–H and O–H groups in total. The Morgan fingerprint density at radius 2 is 1.78 bits per heavy atom. The number of rotatable bonds is 3. The highest BCUT2D eigenvalue weighted by molar-refractivity contribution is 5.17. The van der Waals surface area contributed by atoms with Crippen LogP contribution in [-0.2, 0) is 6.54 Å². The molecule has 0 saturated carbocycles. The standard InChI is InChI=1S/C14H19F2NO/c1-10(18)12-2-4-17(5-3-12)9-11-6-13(15)8-14(16)7-11/h6-8,10,12,18H,2-5,9H2,1H3. The van der Waals surface area contributed by atoms with Gasteiger partial charge in [0.1, 0.15) is 11.6 Å². The van der Waals surface area contributed by atoms with E-state index in [1.165, 1.54) is 12.1 Å². The Morgan fingerprint density at radius 1 is 1.22 bits per heavy atom. The van der Waals surface area contributed by atoms with Gasteiger partial charge in [-0.15, -0.1) is 0 Å². The van der Waals surface area contributed by atoms with Crippen molar-refractivity contribution in [3.05, 3.63) is 35.4 Å². The zero-order chi connectivity index (χ0) is 13.1. The zero-order valence-electron chi connectivity index (χ0n) is 10.6. The highest BCUT2D eigenvalue weighted by Crippen LogP contribution is 2.22. The second-order valence-corrected chi connectivity index (χ2v) is 5.13. The van der Waals surface area contributed by atoms with Gasteiger partial charge in [-0.05, 0) is 56.5 Å². The maximum atomic E-state index is 13.1. The Labute approximate surface area is 106 Å². The van der Waals surface area contributed by atoms with Crippen LogP contribution < -0.4 is 0 Å². The van der Waals surface area contributed by atoms with Crippen LogP contribution in [0.1, 0.15) is 25.3 Å². The van der Waals surface area contributed by atoms with Gasteiger partial charge in [0.05, 0.1) is 6.10 Å². The fraction of sp³-hybridized carbons (Fsp3) is 0.571. The summed E-state index contributed by atoms with van der Waals surface area (Å²) in [5, 5.41) is 9.51. The molecular formula is C14H19F2NO. The number of aliphatic hydroxyl groups excluding tert-OH is 1. The van der Waals surface area contributed by atoms with Crippen LogP contribution in [0.4, 0.5) is 8.78 Å². The van der Waals surface area contributed by atoms with Gasteiger partial charge in [0.15, 0.2) is 0 Å². The summed E-state index contributed by atoms with van der Waals surface area (Å²) < 4.78 is 26.1. The third-order valence-electron chi connectivity index (χ3n) is 3.64. The lowest BCUT2D eigenvalue weighted by molar-refractivity contribution is 0.0695. The number of hydrogen-bond acceptors (Lipinski definition) is 2. The van der Waals surface area contributed by atoms with Crippen molar-refractivity contribution in [2.45, 2.75) is 32.4 Å². The molecule has 0 aromatic heterocycles. The molecule has 1 atom stereocenters. The van der Waals surface area contributed by atoms with E-state index in [2.05, 4.69) is 4.90 Å². The first-order chi connectivity index (χ1) is 8.54. The average molecular weight is 255 g/mol. The molecule has 2 nitrogen and oxygen atoms in total. The van der Waals surface area contributed by atoms with Crippen LogP contribution in [0.25, 0.3) is 0 Å². The SMILES string of the molecule is CC(O)C1CCN(Cc2cc(F)cc(F)c2)CC1. The number of piperidine rings is 1. The predicted octanol–water partition coefficient (Wildman–Crippen LogP) is 2.56.